The van der Waals surface area contributed by atoms with E-state index in [0.717, 1.165) is 6.07 Å². The number of aromatic nitrogens is 1. The van der Waals surface area contributed by atoms with Crippen LogP contribution in [0.4, 0.5) is 10.1 Å². The highest BCUT2D eigenvalue weighted by molar-refractivity contribution is 6.03. The van der Waals surface area contributed by atoms with Gasteiger partial charge in [0.25, 0.3) is 5.91 Å². The fraction of sp³-hybridized carbons (Fsp3) is 0.0714. The van der Waals surface area contributed by atoms with Crippen molar-refractivity contribution in [1.82, 2.24) is 4.98 Å². The van der Waals surface area contributed by atoms with E-state index in [9.17, 15) is 9.18 Å². The first-order chi connectivity index (χ1) is 9.11. The monoisotopic (exact) mass is 255 g/mol. The third-order valence-electron chi connectivity index (χ3n) is 2.57. The summed E-state index contributed by atoms with van der Waals surface area (Å²) in [6.45, 7) is 1.75. The molecule has 0 saturated heterocycles. The van der Waals surface area contributed by atoms with Crippen molar-refractivity contribution in [1.29, 1.82) is 5.26 Å². The maximum Gasteiger partial charge on any atom is 0.274 e. The zero-order valence-electron chi connectivity index (χ0n) is 10.1. The maximum absolute atomic E-state index is 13.6. The fourth-order valence-corrected chi connectivity index (χ4v) is 1.59. The second-order valence-electron chi connectivity index (χ2n) is 3.93. The van der Waals surface area contributed by atoms with Gasteiger partial charge in [-0.2, -0.15) is 5.26 Å². The van der Waals surface area contributed by atoms with Crippen LogP contribution in [0.2, 0.25) is 0 Å². The molecule has 0 spiro atoms. The van der Waals surface area contributed by atoms with Gasteiger partial charge in [0.1, 0.15) is 11.5 Å². The lowest BCUT2D eigenvalue weighted by molar-refractivity contribution is 0.102. The summed E-state index contributed by atoms with van der Waals surface area (Å²) in [5.41, 5.74) is 1.17. The van der Waals surface area contributed by atoms with Crippen LogP contribution in [0.1, 0.15) is 21.6 Å². The molecule has 0 saturated carbocycles. The number of pyridine rings is 1. The molecule has 4 nitrogen and oxygen atoms in total. The number of hydrogen-bond donors (Lipinski definition) is 1. The topological polar surface area (TPSA) is 65.8 Å². The van der Waals surface area contributed by atoms with E-state index in [1.165, 1.54) is 18.3 Å². The maximum atomic E-state index is 13.6. The van der Waals surface area contributed by atoms with Crippen LogP contribution >= 0.6 is 0 Å². The predicted molar refractivity (Wildman–Crippen MR) is 68.0 cm³/mol. The van der Waals surface area contributed by atoms with Gasteiger partial charge in [0.15, 0.2) is 0 Å². The Hall–Kier alpha value is -2.74. The van der Waals surface area contributed by atoms with Gasteiger partial charge in [0, 0.05) is 6.20 Å². The highest BCUT2D eigenvalue weighted by Gasteiger charge is 2.12. The molecule has 5 heteroatoms. The van der Waals surface area contributed by atoms with Crippen LogP contribution in [0, 0.1) is 24.1 Å². The number of nitriles is 1. The van der Waals surface area contributed by atoms with Gasteiger partial charge < -0.3 is 5.32 Å². The smallest absolute Gasteiger partial charge is 0.274 e. The van der Waals surface area contributed by atoms with Gasteiger partial charge in [-0.25, -0.2) is 4.39 Å². The number of carbonyl (C=O) groups excluding carboxylic acids is 1. The quantitative estimate of drug-likeness (QED) is 0.897. The molecule has 0 atom stereocenters. The number of rotatable bonds is 2. The first-order valence-corrected chi connectivity index (χ1v) is 5.54. The van der Waals surface area contributed by atoms with E-state index < -0.39 is 11.7 Å². The molecular weight excluding hydrogens is 245 g/mol. The molecule has 19 heavy (non-hydrogen) atoms. The van der Waals surface area contributed by atoms with E-state index in [1.807, 2.05) is 6.07 Å². The molecule has 0 unspecified atom stereocenters. The summed E-state index contributed by atoms with van der Waals surface area (Å²) in [5, 5.41) is 11.1. The Morgan fingerprint density at radius 3 is 2.84 bits per heavy atom. The van der Waals surface area contributed by atoms with Crippen molar-refractivity contribution in [2.24, 2.45) is 0 Å². The van der Waals surface area contributed by atoms with Crippen LogP contribution in [0.3, 0.4) is 0 Å². The molecule has 1 aromatic heterocycles. The zero-order chi connectivity index (χ0) is 13.8. The molecule has 94 valence electrons. The lowest BCUT2D eigenvalue weighted by atomic mass is 10.2. The Kier molecular flexibility index (Phi) is 3.53. The Labute approximate surface area is 109 Å². The Balaban J connectivity index is 2.25. The number of carbonyl (C=O) groups is 1. The van der Waals surface area contributed by atoms with Crippen LogP contribution in [0.5, 0.6) is 0 Å². The van der Waals surface area contributed by atoms with E-state index in [4.69, 9.17) is 5.26 Å². The van der Waals surface area contributed by atoms with Crippen LogP contribution < -0.4 is 5.32 Å². The molecule has 0 bridgehead atoms. The van der Waals surface area contributed by atoms with Gasteiger partial charge in [0.2, 0.25) is 0 Å². The lowest BCUT2D eigenvalue weighted by Gasteiger charge is -2.07. The molecule has 0 aliphatic carbocycles. The van der Waals surface area contributed by atoms with Crippen molar-refractivity contribution >= 4 is 11.6 Å². The van der Waals surface area contributed by atoms with Gasteiger partial charge in [-0.3, -0.25) is 9.78 Å². The number of nitrogens with one attached hydrogen (secondary N) is 1. The average molecular weight is 255 g/mol. The zero-order valence-corrected chi connectivity index (χ0v) is 10.1. The number of anilines is 1. The van der Waals surface area contributed by atoms with Crippen LogP contribution in [0.15, 0.2) is 36.5 Å². The summed E-state index contributed by atoms with van der Waals surface area (Å²) in [6.07, 6.45) is 1.50. The van der Waals surface area contributed by atoms with E-state index in [0.29, 0.717) is 5.56 Å². The highest BCUT2D eigenvalue weighted by atomic mass is 19.1. The molecule has 0 aliphatic rings. The first-order valence-electron chi connectivity index (χ1n) is 5.54. The van der Waals surface area contributed by atoms with Gasteiger partial charge in [-0.15, -0.1) is 0 Å². The largest absolute Gasteiger partial charge is 0.318 e. The van der Waals surface area contributed by atoms with Crippen molar-refractivity contribution in [2.45, 2.75) is 6.92 Å². The SMILES string of the molecule is Cc1cccnc1C(=O)Nc1ccc(C#N)cc1F. The highest BCUT2D eigenvalue weighted by Crippen LogP contribution is 2.16. The summed E-state index contributed by atoms with van der Waals surface area (Å²) in [6, 6.07) is 9.14. The second-order valence-corrected chi connectivity index (χ2v) is 3.93. The van der Waals surface area contributed by atoms with Crippen LogP contribution in [-0.2, 0) is 0 Å². The third-order valence-corrected chi connectivity index (χ3v) is 2.57. The molecule has 1 amide bonds. The molecule has 0 radical (unpaired) electrons. The molecule has 0 aliphatic heterocycles. The Morgan fingerprint density at radius 1 is 1.42 bits per heavy atom. The Bertz CT molecular complexity index is 677. The summed E-state index contributed by atoms with van der Waals surface area (Å²) in [5.74, 6) is -1.14. The summed E-state index contributed by atoms with van der Waals surface area (Å²) < 4.78 is 13.6. The minimum absolute atomic E-state index is 0.0223. The Morgan fingerprint density at radius 2 is 2.21 bits per heavy atom. The van der Waals surface area contributed by atoms with Gasteiger partial charge >= 0.3 is 0 Å². The van der Waals surface area contributed by atoms with Crippen LogP contribution in [0.25, 0.3) is 0 Å². The molecular formula is C14H10FN3O. The summed E-state index contributed by atoms with van der Waals surface area (Å²) >= 11 is 0. The number of benzene rings is 1. The van der Waals surface area contributed by atoms with Gasteiger partial charge in [0.05, 0.1) is 17.3 Å². The normalized spacial score (nSPS) is 9.74. The number of nitrogens with zero attached hydrogens (tertiary/aromatic N) is 2. The average Bonchev–Trinajstić information content (AvgIpc) is 2.41. The molecule has 1 N–H and O–H groups in total. The number of amides is 1. The second kappa shape index (κ2) is 5.27. The number of halogens is 1. The summed E-state index contributed by atoms with van der Waals surface area (Å²) in [4.78, 5) is 15.9. The molecule has 2 rings (SSSR count). The van der Waals surface area contributed by atoms with Crippen molar-refractivity contribution < 1.29 is 9.18 Å². The van der Waals surface area contributed by atoms with E-state index in [-0.39, 0.29) is 16.9 Å². The standard InChI is InChI=1S/C14H10FN3O/c1-9-3-2-6-17-13(9)14(19)18-12-5-4-10(8-16)7-11(12)15/h2-7H,1H3,(H,18,19). The minimum Gasteiger partial charge on any atom is -0.318 e. The van der Waals surface area contributed by atoms with Crippen LogP contribution in [-0.4, -0.2) is 10.9 Å². The van der Waals surface area contributed by atoms with Crippen molar-refractivity contribution in [3.05, 3.63) is 59.2 Å². The van der Waals surface area contributed by atoms with Crippen molar-refractivity contribution in [3.63, 3.8) is 0 Å². The predicted octanol–water partition coefficient (Wildman–Crippen LogP) is 2.65. The van der Waals surface area contributed by atoms with E-state index in [2.05, 4.69) is 10.3 Å². The van der Waals surface area contributed by atoms with Gasteiger partial charge in [-0.05, 0) is 36.8 Å². The van der Waals surface area contributed by atoms with Crippen molar-refractivity contribution in [3.8, 4) is 6.07 Å². The lowest BCUT2D eigenvalue weighted by Crippen LogP contribution is -2.16. The van der Waals surface area contributed by atoms with E-state index in [1.54, 1.807) is 19.1 Å². The molecule has 0 fully saturated rings. The van der Waals surface area contributed by atoms with Gasteiger partial charge in [-0.1, -0.05) is 6.07 Å². The summed E-state index contributed by atoms with van der Waals surface area (Å²) in [7, 11) is 0. The number of hydrogen-bond acceptors (Lipinski definition) is 3. The number of aryl methyl sites for hydroxylation is 1. The minimum atomic E-state index is -0.652. The molecule has 1 heterocycles. The molecule has 2 aromatic rings. The first kappa shape index (κ1) is 12.7. The molecule has 1 aromatic carbocycles. The van der Waals surface area contributed by atoms with E-state index >= 15 is 0 Å². The fourth-order valence-electron chi connectivity index (χ4n) is 1.59. The third kappa shape index (κ3) is 2.75. The van der Waals surface area contributed by atoms with Crippen molar-refractivity contribution in [2.75, 3.05) is 5.32 Å².